The Kier molecular flexibility index (Phi) is 9.90. The van der Waals surface area contributed by atoms with Crippen molar-refractivity contribution in [2.24, 2.45) is 5.73 Å². The van der Waals surface area contributed by atoms with E-state index in [9.17, 15) is 9.59 Å². The molecule has 1 amide bonds. The highest BCUT2D eigenvalue weighted by Crippen LogP contribution is 1.68. The summed E-state index contributed by atoms with van der Waals surface area (Å²) in [4.78, 5) is 19.0. The normalized spacial score (nSPS) is 7.00. The molecule has 0 heterocycles. The van der Waals surface area contributed by atoms with Crippen LogP contribution in [0.3, 0.4) is 0 Å². The topological polar surface area (TPSA) is 113 Å². The molecule has 68 valence electrons. The van der Waals surface area contributed by atoms with Gasteiger partial charge in [-0.25, -0.2) is 4.79 Å². The first kappa shape index (κ1) is 12.9. The molecule has 0 saturated carbocycles. The minimum atomic E-state index is -1.07. The third kappa shape index (κ3) is 24.0. The zero-order valence-electron chi connectivity index (χ0n) is 6.61. The second kappa shape index (κ2) is 9.23. The molecule has 0 unspecified atom stereocenters. The van der Waals surface area contributed by atoms with Crippen LogP contribution in [-0.4, -0.2) is 23.8 Å². The number of hydrogen-bond donors (Lipinski definition) is 2. The lowest BCUT2D eigenvalue weighted by Crippen LogP contribution is -2.11. The number of nitriles is 1. The van der Waals surface area contributed by atoms with Crippen LogP contribution in [0.1, 0.15) is 13.3 Å². The number of nitrogens with zero attached hydrogens (tertiary/aromatic N) is 1. The van der Waals surface area contributed by atoms with Crippen molar-refractivity contribution in [3.05, 3.63) is 0 Å². The van der Waals surface area contributed by atoms with E-state index < -0.39 is 18.5 Å². The first-order chi connectivity index (χ1) is 5.54. The lowest BCUT2D eigenvalue weighted by atomic mass is 10.5. The minimum absolute atomic E-state index is 0.356. The average molecular weight is 174 g/mol. The van der Waals surface area contributed by atoms with Crippen LogP contribution in [0, 0.1) is 11.3 Å². The third-order valence-electron chi connectivity index (χ3n) is 0.517. The summed E-state index contributed by atoms with van der Waals surface area (Å²) in [7, 11) is 0. The summed E-state index contributed by atoms with van der Waals surface area (Å²) >= 11 is 0. The molecule has 12 heavy (non-hydrogen) atoms. The van der Waals surface area contributed by atoms with E-state index in [1.807, 2.05) is 0 Å². The molecule has 0 bridgehead atoms. The smallest absolute Gasteiger partial charge is 0.404 e. The SMILES string of the molecule is CCOC(N)=O.N#CCC(=O)O. The Hall–Kier alpha value is -1.77. The van der Waals surface area contributed by atoms with Gasteiger partial charge in [-0.3, -0.25) is 4.79 Å². The van der Waals surface area contributed by atoms with Gasteiger partial charge in [0.1, 0.15) is 6.42 Å². The minimum Gasteiger partial charge on any atom is -0.480 e. The Balaban J connectivity index is 0. The lowest BCUT2D eigenvalue weighted by Gasteiger charge is -1.89. The maximum absolute atomic E-state index is 9.60. The number of carboxylic acid groups (broad SMARTS) is 1. The first-order valence-corrected chi connectivity index (χ1v) is 3.05. The number of primary amides is 1. The third-order valence-corrected chi connectivity index (χ3v) is 0.517. The van der Waals surface area contributed by atoms with Crippen molar-refractivity contribution in [2.45, 2.75) is 13.3 Å². The van der Waals surface area contributed by atoms with Gasteiger partial charge in [0.15, 0.2) is 0 Å². The summed E-state index contributed by atoms with van der Waals surface area (Å²) in [5.41, 5.74) is 4.54. The average Bonchev–Trinajstić information content (AvgIpc) is 1.87. The predicted molar refractivity (Wildman–Crippen MR) is 39.1 cm³/mol. The Morgan fingerprint density at radius 2 is 2.17 bits per heavy atom. The number of rotatable bonds is 2. The highest BCUT2D eigenvalue weighted by atomic mass is 16.5. The van der Waals surface area contributed by atoms with Crippen LogP contribution in [0.15, 0.2) is 0 Å². The number of ether oxygens (including phenoxy) is 1. The van der Waals surface area contributed by atoms with Crippen LogP contribution in [0.4, 0.5) is 4.79 Å². The summed E-state index contributed by atoms with van der Waals surface area (Å²) in [6.45, 7) is 2.06. The molecule has 0 aromatic rings. The summed E-state index contributed by atoms with van der Waals surface area (Å²) in [5, 5.41) is 15.3. The van der Waals surface area contributed by atoms with Crippen LogP contribution in [0.25, 0.3) is 0 Å². The number of aliphatic carboxylic acids is 1. The molecular formula is C6H10N2O4. The van der Waals surface area contributed by atoms with Gasteiger partial charge in [-0.1, -0.05) is 0 Å². The summed E-state index contributed by atoms with van der Waals surface area (Å²) < 4.78 is 4.18. The van der Waals surface area contributed by atoms with Crippen LogP contribution < -0.4 is 5.73 Å². The summed E-state index contributed by atoms with van der Waals surface area (Å²) in [5.74, 6) is -1.07. The lowest BCUT2D eigenvalue weighted by molar-refractivity contribution is -0.135. The molecule has 6 heteroatoms. The second-order valence-corrected chi connectivity index (χ2v) is 1.48. The molecule has 0 aromatic heterocycles. The molecule has 0 radical (unpaired) electrons. The number of amides is 1. The van der Waals surface area contributed by atoms with E-state index in [1.54, 1.807) is 6.92 Å². The Morgan fingerprint density at radius 1 is 1.67 bits per heavy atom. The van der Waals surface area contributed by atoms with Crippen molar-refractivity contribution in [3.63, 3.8) is 0 Å². The van der Waals surface area contributed by atoms with Crippen LogP contribution in [0.5, 0.6) is 0 Å². The quantitative estimate of drug-likeness (QED) is 0.615. The summed E-state index contributed by atoms with van der Waals surface area (Å²) in [6.07, 6.45) is -1.11. The van der Waals surface area contributed by atoms with E-state index in [1.165, 1.54) is 6.07 Å². The zero-order chi connectivity index (χ0) is 9.98. The second-order valence-electron chi connectivity index (χ2n) is 1.48. The molecule has 0 fully saturated rings. The number of carboxylic acids is 1. The molecule has 0 aliphatic carbocycles. The zero-order valence-corrected chi connectivity index (χ0v) is 6.61. The van der Waals surface area contributed by atoms with Crippen LogP contribution in [0.2, 0.25) is 0 Å². The van der Waals surface area contributed by atoms with E-state index in [2.05, 4.69) is 10.5 Å². The van der Waals surface area contributed by atoms with Crippen molar-refractivity contribution in [3.8, 4) is 6.07 Å². The van der Waals surface area contributed by atoms with Crippen molar-refractivity contribution in [1.82, 2.24) is 0 Å². The summed E-state index contributed by atoms with van der Waals surface area (Å²) in [6, 6.07) is 1.47. The molecule has 0 rings (SSSR count). The highest BCUT2D eigenvalue weighted by Gasteiger charge is 1.87. The largest absolute Gasteiger partial charge is 0.480 e. The fraction of sp³-hybridized carbons (Fsp3) is 0.500. The fourth-order valence-electron chi connectivity index (χ4n) is 0.210. The van der Waals surface area contributed by atoms with Crippen molar-refractivity contribution in [1.29, 1.82) is 5.26 Å². The van der Waals surface area contributed by atoms with Gasteiger partial charge < -0.3 is 15.6 Å². The molecular weight excluding hydrogens is 164 g/mol. The van der Waals surface area contributed by atoms with E-state index >= 15 is 0 Å². The van der Waals surface area contributed by atoms with E-state index in [0.29, 0.717) is 6.61 Å². The molecule has 0 aliphatic rings. The number of carbonyl (C=O) groups excluding carboxylic acids is 1. The van der Waals surface area contributed by atoms with Gasteiger partial charge in [0.05, 0.1) is 12.7 Å². The fourth-order valence-corrected chi connectivity index (χ4v) is 0.210. The molecule has 0 saturated heterocycles. The van der Waals surface area contributed by atoms with Crippen molar-refractivity contribution < 1.29 is 19.4 Å². The monoisotopic (exact) mass is 174 g/mol. The molecule has 3 N–H and O–H groups in total. The van der Waals surface area contributed by atoms with E-state index in [0.717, 1.165) is 0 Å². The van der Waals surface area contributed by atoms with Crippen LogP contribution >= 0.6 is 0 Å². The molecule has 0 spiro atoms. The number of carbonyl (C=O) groups is 2. The molecule has 0 aromatic carbocycles. The van der Waals surface area contributed by atoms with Crippen LogP contribution in [-0.2, 0) is 9.53 Å². The molecule has 6 nitrogen and oxygen atoms in total. The molecule has 0 atom stereocenters. The maximum atomic E-state index is 9.60. The van der Waals surface area contributed by atoms with Gasteiger partial charge >= 0.3 is 12.1 Å². The van der Waals surface area contributed by atoms with Gasteiger partial charge in [-0.2, -0.15) is 5.26 Å². The van der Waals surface area contributed by atoms with E-state index in [-0.39, 0.29) is 0 Å². The van der Waals surface area contributed by atoms with Gasteiger partial charge in [-0.15, -0.1) is 0 Å². The van der Waals surface area contributed by atoms with Gasteiger partial charge in [0, 0.05) is 0 Å². The Morgan fingerprint density at radius 3 is 2.17 bits per heavy atom. The predicted octanol–water partition coefficient (Wildman–Crippen LogP) is 0.0863. The van der Waals surface area contributed by atoms with Gasteiger partial charge in [0.2, 0.25) is 0 Å². The number of nitrogens with two attached hydrogens (primary N) is 1. The van der Waals surface area contributed by atoms with Gasteiger partial charge in [-0.05, 0) is 6.92 Å². The van der Waals surface area contributed by atoms with Gasteiger partial charge in [0.25, 0.3) is 0 Å². The maximum Gasteiger partial charge on any atom is 0.404 e. The Bertz CT molecular complexity index is 184. The Labute approximate surface area is 69.5 Å². The number of hydrogen-bond acceptors (Lipinski definition) is 4. The van der Waals surface area contributed by atoms with Crippen molar-refractivity contribution >= 4 is 12.1 Å². The standard InChI is InChI=1S/C3H7NO2.C3H3NO2/c1-2-6-3(4)5;4-2-1-3(5)6/h2H2,1H3,(H2,4,5);1H2,(H,5,6). The molecule has 0 aliphatic heterocycles. The van der Waals surface area contributed by atoms with E-state index in [4.69, 9.17) is 10.4 Å². The first-order valence-electron chi connectivity index (χ1n) is 3.05. The highest BCUT2D eigenvalue weighted by molar-refractivity contribution is 5.69. The van der Waals surface area contributed by atoms with Crippen molar-refractivity contribution in [2.75, 3.05) is 6.61 Å².